The Hall–Kier alpha value is -2.25. The zero-order chi connectivity index (χ0) is 22.3. The van der Waals surface area contributed by atoms with Gasteiger partial charge < -0.3 is 19.5 Å². The second-order valence-corrected chi connectivity index (χ2v) is 8.52. The minimum atomic E-state index is -1.52. The molecule has 1 heterocycles. The molecule has 2 rings (SSSR count). The van der Waals surface area contributed by atoms with E-state index in [1.165, 1.54) is 18.7 Å². The third-order valence-electron chi connectivity index (χ3n) is 5.04. The lowest BCUT2D eigenvalue weighted by atomic mass is 9.91. The Labute approximate surface area is 178 Å². The Kier molecular flexibility index (Phi) is 8.55. The number of nitrogens with zero attached hydrogens (tertiary/aromatic N) is 1. The first-order chi connectivity index (χ1) is 14.1. The van der Waals surface area contributed by atoms with Crippen LogP contribution in [0.1, 0.15) is 46.1 Å². The molecule has 0 bridgehead atoms. The maximum absolute atomic E-state index is 12.9. The van der Waals surface area contributed by atoms with Gasteiger partial charge in [-0.1, -0.05) is 30.3 Å². The van der Waals surface area contributed by atoms with Crippen molar-refractivity contribution >= 4 is 17.7 Å². The number of aliphatic hydroxyl groups is 1. The molecule has 166 valence electrons. The van der Waals surface area contributed by atoms with Crippen LogP contribution in [0.15, 0.2) is 30.3 Å². The third kappa shape index (κ3) is 6.92. The average molecular weight is 420 g/mol. The Morgan fingerprint density at radius 1 is 1.20 bits per heavy atom. The second-order valence-electron chi connectivity index (χ2n) is 8.52. The third-order valence-corrected chi connectivity index (χ3v) is 5.04. The monoisotopic (exact) mass is 419 g/mol. The first-order valence-electron chi connectivity index (χ1n) is 10.5. The highest BCUT2D eigenvalue weighted by Gasteiger charge is 2.44. The van der Waals surface area contributed by atoms with Crippen molar-refractivity contribution in [1.82, 2.24) is 4.90 Å². The molecule has 1 aromatic rings. The predicted octanol–water partition coefficient (Wildman–Crippen LogP) is 2.14. The van der Waals surface area contributed by atoms with Crippen molar-refractivity contribution in [3.05, 3.63) is 35.9 Å². The summed E-state index contributed by atoms with van der Waals surface area (Å²) >= 11 is 0. The van der Waals surface area contributed by atoms with E-state index in [1.807, 2.05) is 44.2 Å². The van der Waals surface area contributed by atoms with E-state index in [0.717, 1.165) is 5.56 Å². The molecule has 7 nitrogen and oxygen atoms in total. The van der Waals surface area contributed by atoms with Crippen LogP contribution in [0.5, 0.6) is 0 Å². The molecule has 0 aromatic heterocycles. The number of benzene rings is 1. The van der Waals surface area contributed by atoms with Crippen LogP contribution in [0.25, 0.3) is 0 Å². The lowest BCUT2D eigenvalue weighted by Gasteiger charge is -2.27. The summed E-state index contributed by atoms with van der Waals surface area (Å²) in [5, 5.41) is 10.0. The highest BCUT2D eigenvalue weighted by molar-refractivity contribution is 5.96. The Bertz CT molecular complexity index is 725. The molecule has 0 spiro atoms. The molecule has 7 heteroatoms. The van der Waals surface area contributed by atoms with E-state index in [1.54, 1.807) is 0 Å². The fraction of sp³-hybridized carbons (Fsp3) is 0.609. The van der Waals surface area contributed by atoms with Crippen molar-refractivity contribution in [2.45, 2.75) is 64.7 Å². The molecular weight excluding hydrogens is 386 g/mol. The smallest absolute Gasteiger partial charge is 0.329 e. The van der Waals surface area contributed by atoms with Gasteiger partial charge in [0.15, 0.2) is 5.78 Å². The number of ether oxygens (including phenoxy) is 2. The number of carbonyl (C=O) groups is 3. The van der Waals surface area contributed by atoms with Gasteiger partial charge in [-0.2, -0.15) is 0 Å². The van der Waals surface area contributed by atoms with E-state index in [2.05, 4.69) is 0 Å². The minimum Gasteiger partial charge on any atom is -0.464 e. The SMILES string of the molecule is CC(C)OCCCOC(=O)C(Cc1ccccc1)N1CC(C(=O)C(C)(C)O)CC1=O. The molecule has 2 unspecified atom stereocenters. The summed E-state index contributed by atoms with van der Waals surface area (Å²) in [5.74, 6) is -1.80. The van der Waals surface area contributed by atoms with Crippen LogP contribution in [0, 0.1) is 5.92 Å². The van der Waals surface area contributed by atoms with Gasteiger partial charge in [0.1, 0.15) is 11.6 Å². The number of rotatable bonds is 11. The number of amides is 1. The molecule has 1 N–H and O–H groups in total. The number of Topliss-reactive ketones (excluding diaryl/α,β-unsaturated/α-hetero) is 1. The van der Waals surface area contributed by atoms with Gasteiger partial charge in [-0.3, -0.25) is 9.59 Å². The number of ketones is 1. The number of hydrogen-bond donors (Lipinski definition) is 1. The van der Waals surface area contributed by atoms with Crippen LogP contribution in [0.2, 0.25) is 0 Å². The number of esters is 1. The molecular formula is C23H33NO6. The molecule has 1 aliphatic rings. The first-order valence-corrected chi connectivity index (χ1v) is 10.5. The molecule has 1 aliphatic heterocycles. The molecule has 0 saturated carbocycles. The Morgan fingerprint density at radius 3 is 2.47 bits per heavy atom. The van der Waals surface area contributed by atoms with E-state index in [4.69, 9.17) is 9.47 Å². The van der Waals surface area contributed by atoms with Crippen LogP contribution in [-0.2, 0) is 30.3 Å². The highest BCUT2D eigenvalue weighted by atomic mass is 16.5. The minimum absolute atomic E-state index is 0.0103. The molecule has 0 radical (unpaired) electrons. The topological polar surface area (TPSA) is 93.1 Å². The number of carbonyl (C=O) groups excluding carboxylic acids is 3. The number of hydrogen-bond acceptors (Lipinski definition) is 6. The number of likely N-dealkylation sites (tertiary alicyclic amines) is 1. The van der Waals surface area contributed by atoms with E-state index in [-0.39, 0.29) is 31.6 Å². The quantitative estimate of drug-likeness (QED) is 0.436. The van der Waals surface area contributed by atoms with Crippen molar-refractivity contribution < 1.29 is 29.0 Å². The molecule has 1 fully saturated rings. The average Bonchev–Trinajstić information content (AvgIpc) is 3.06. The lowest BCUT2D eigenvalue weighted by Crippen LogP contribution is -2.46. The van der Waals surface area contributed by atoms with Gasteiger partial charge in [-0.25, -0.2) is 4.79 Å². The van der Waals surface area contributed by atoms with Crippen molar-refractivity contribution in [2.75, 3.05) is 19.8 Å². The summed E-state index contributed by atoms with van der Waals surface area (Å²) in [7, 11) is 0. The molecule has 30 heavy (non-hydrogen) atoms. The maximum Gasteiger partial charge on any atom is 0.329 e. The van der Waals surface area contributed by atoms with Crippen LogP contribution in [0.4, 0.5) is 0 Å². The van der Waals surface area contributed by atoms with E-state index in [9.17, 15) is 19.5 Å². The van der Waals surface area contributed by atoms with Crippen LogP contribution >= 0.6 is 0 Å². The zero-order valence-corrected chi connectivity index (χ0v) is 18.3. The highest BCUT2D eigenvalue weighted by Crippen LogP contribution is 2.26. The lowest BCUT2D eigenvalue weighted by molar-refractivity contribution is -0.154. The first kappa shape index (κ1) is 24.0. The standard InChI is InChI=1S/C23H33NO6/c1-16(2)29-11-8-12-30-22(27)19(13-17-9-6-5-7-10-17)24-15-18(14-20(24)25)21(26)23(3,4)28/h5-7,9-10,16,18-19,28H,8,11-15H2,1-4H3. The van der Waals surface area contributed by atoms with Gasteiger partial charge in [-0.15, -0.1) is 0 Å². The second kappa shape index (κ2) is 10.7. The molecule has 1 aromatic carbocycles. The normalized spacial score (nSPS) is 18.0. The van der Waals surface area contributed by atoms with Gasteiger partial charge in [-0.05, 0) is 33.3 Å². The van der Waals surface area contributed by atoms with Gasteiger partial charge in [0.25, 0.3) is 0 Å². The largest absolute Gasteiger partial charge is 0.464 e. The van der Waals surface area contributed by atoms with Crippen LogP contribution < -0.4 is 0 Å². The summed E-state index contributed by atoms with van der Waals surface area (Å²) < 4.78 is 10.9. The van der Waals surface area contributed by atoms with Crippen molar-refractivity contribution in [2.24, 2.45) is 5.92 Å². The summed E-state index contributed by atoms with van der Waals surface area (Å²) in [5.41, 5.74) is -0.625. The predicted molar refractivity (Wildman–Crippen MR) is 112 cm³/mol. The van der Waals surface area contributed by atoms with E-state index in [0.29, 0.717) is 19.4 Å². The van der Waals surface area contributed by atoms with Gasteiger partial charge in [0, 0.05) is 31.7 Å². The molecule has 2 atom stereocenters. The molecule has 0 aliphatic carbocycles. The van der Waals surface area contributed by atoms with Crippen molar-refractivity contribution in [3.8, 4) is 0 Å². The summed E-state index contributed by atoms with van der Waals surface area (Å²) in [6.07, 6.45) is 0.968. The Morgan fingerprint density at radius 2 is 1.87 bits per heavy atom. The van der Waals surface area contributed by atoms with Crippen molar-refractivity contribution in [1.29, 1.82) is 0 Å². The van der Waals surface area contributed by atoms with Crippen LogP contribution in [-0.4, -0.2) is 65.2 Å². The maximum atomic E-state index is 12.9. The fourth-order valence-corrected chi connectivity index (χ4v) is 3.51. The van der Waals surface area contributed by atoms with Crippen molar-refractivity contribution in [3.63, 3.8) is 0 Å². The zero-order valence-electron chi connectivity index (χ0n) is 18.3. The summed E-state index contributed by atoms with van der Waals surface area (Å²) in [6.45, 7) is 7.49. The Balaban J connectivity index is 2.08. The van der Waals surface area contributed by atoms with Gasteiger partial charge in [0.05, 0.1) is 19.3 Å². The van der Waals surface area contributed by atoms with Crippen LogP contribution in [0.3, 0.4) is 0 Å². The summed E-state index contributed by atoms with van der Waals surface area (Å²) in [4.78, 5) is 39.4. The van der Waals surface area contributed by atoms with Gasteiger partial charge in [0.2, 0.25) is 5.91 Å². The molecule has 1 amide bonds. The van der Waals surface area contributed by atoms with E-state index >= 15 is 0 Å². The van der Waals surface area contributed by atoms with Gasteiger partial charge >= 0.3 is 5.97 Å². The summed E-state index contributed by atoms with van der Waals surface area (Å²) in [6, 6.07) is 8.57. The fourth-order valence-electron chi connectivity index (χ4n) is 3.51. The molecule has 1 saturated heterocycles. The van der Waals surface area contributed by atoms with E-state index < -0.39 is 29.3 Å².